The van der Waals surface area contributed by atoms with Crippen molar-refractivity contribution in [3.05, 3.63) is 65.8 Å². The summed E-state index contributed by atoms with van der Waals surface area (Å²) in [4.78, 5) is 16.0. The molecule has 0 spiro atoms. The summed E-state index contributed by atoms with van der Waals surface area (Å²) < 4.78 is 1.77. The number of aryl methyl sites for hydroxylation is 1. The highest BCUT2D eigenvalue weighted by Crippen LogP contribution is 2.39. The zero-order valence-corrected chi connectivity index (χ0v) is 15.6. The average molecular weight is 374 g/mol. The van der Waals surface area contributed by atoms with E-state index >= 15 is 0 Å². The average Bonchev–Trinajstić information content (AvgIpc) is 3.28. The van der Waals surface area contributed by atoms with Crippen molar-refractivity contribution in [1.82, 2.24) is 14.7 Å². The minimum absolute atomic E-state index is 0.126. The molecule has 1 atom stereocenters. The van der Waals surface area contributed by atoms with Gasteiger partial charge in [-0.25, -0.2) is 4.68 Å². The molecule has 0 aliphatic carbocycles. The van der Waals surface area contributed by atoms with E-state index in [-0.39, 0.29) is 16.7 Å². The van der Waals surface area contributed by atoms with Crippen molar-refractivity contribution in [3.63, 3.8) is 0 Å². The molecule has 0 radical (unpaired) electrons. The largest absolute Gasteiger partial charge is 0.312 e. The van der Waals surface area contributed by atoms with E-state index in [0.29, 0.717) is 18.1 Å². The van der Waals surface area contributed by atoms with Crippen molar-refractivity contribution in [3.8, 4) is 0 Å². The Kier molecular flexibility index (Phi) is 4.18. The molecule has 0 N–H and O–H groups in total. The summed E-state index contributed by atoms with van der Waals surface area (Å²) in [6.07, 6.45) is 1.01. The Hall–Kier alpha value is -2.03. The van der Waals surface area contributed by atoms with Crippen molar-refractivity contribution in [1.29, 1.82) is 0 Å². The van der Waals surface area contributed by atoms with Crippen LogP contribution in [0.2, 0.25) is 0 Å². The first kappa shape index (κ1) is 16.4. The van der Waals surface area contributed by atoms with Crippen LogP contribution in [0, 0.1) is 24.0 Å². The Morgan fingerprint density at radius 1 is 1.32 bits per heavy atom. The second-order valence-electron chi connectivity index (χ2n) is 6.20. The van der Waals surface area contributed by atoms with E-state index in [4.69, 9.17) is 0 Å². The van der Waals surface area contributed by atoms with Gasteiger partial charge in [-0.15, -0.1) is 22.7 Å². The van der Waals surface area contributed by atoms with Gasteiger partial charge in [0.2, 0.25) is 0 Å². The Bertz CT molecular complexity index is 913. The summed E-state index contributed by atoms with van der Waals surface area (Å²) in [5.74, 6) is 0. The Morgan fingerprint density at radius 2 is 2.16 bits per heavy atom. The van der Waals surface area contributed by atoms with Gasteiger partial charge in [-0.2, -0.15) is 5.10 Å². The van der Waals surface area contributed by atoms with Gasteiger partial charge < -0.3 is 0 Å². The van der Waals surface area contributed by atoms with Gasteiger partial charge in [-0.05, 0) is 48.7 Å². The summed E-state index contributed by atoms with van der Waals surface area (Å²) in [5, 5.41) is 19.9. The summed E-state index contributed by atoms with van der Waals surface area (Å²) in [6, 6.07) is 6.64. The number of hydrogen-bond acceptors (Lipinski definition) is 6. The Balaban J connectivity index is 1.71. The van der Waals surface area contributed by atoms with Crippen LogP contribution in [0.3, 0.4) is 0 Å². The number of rotatable bonds is 4. The molecule has 3 aromatic heterocycles. The second-order valence-corrected chi connectivity index (χ2v) is 8.18. The number of hydrogen-bond donors (Lipinski definition) is 0. The number of nitrogens with zero attached hydrogens (tertiary/aromatic N) is 4. The van der Waals surface area contributed by atoms with Crippen LogP contribution in [0.4, 0.5) is 5.69 Å². The van der Waals surface area contributed by atoms with Crippen LogP contribution in [0.5, 0.6) is 0 Å². The third-order valence-corrected chi connectivity index (χ3v) is 6.64. The molecule has 130 valence electrons. The van der Waals surface area contributed by atoms with E-state index < -0.39 is 0 Å². The van der Waals surface area contributed by atoms with Gasteiger partial charge in [0.15, 0.2) is 0 Å². The maximum atomic E-state index is 11.3. The summed E-state index contributed by atoms with van der Waals surface area (Å²) >= 11 is 3.57. The number of thiophene rings is 2. The van der Waals surface area contributed by atoms with Gasteiger partial charge in [0.1, 0.15) is 11.4 Å². The molecule has 0 saturated heterocycles. The van der Waals surface area contributed by atoms with Gasteiger partial charge in [0, 0.05) is 16.3 Å². The summed E-state index contributed by atoms with van der Waals surface area (Å²) in [6.45, 7) is 4.95. The molecule has 0 saturated carbocycles. The maximum Gasteiger partial charge on any atom is 0.312 e. The molecule has 1 aliphatic rings. The molecule has 25 heavy (non-hydrogen) atoms. The number of aromatic nitrogens is 2. The molecular formula is C17H18N4O2S2. The van der Waals surface area contributed by atoms with Crippen LogP contribution >= 0.6 is 22.7 Å². The van der Waals surface area contributed by atoms with E-state index in [1.165, 1.54) is 15.3 Å². The smallest absolute Gasteiger partial charge is 0.272 e. The molecule has 6 nitrogen and oxygen atoms in total. The highest BCUT2D eigenvalue weighted by molar-refractivity contribution is 7.10. The fraction of sp³-hybridized carbons (Fsp3) is 0.353. The lowest BCUT2D eigenvalue weighted by Gasteiger charge is -2.35. The molecule has 4 rings (SSSR count). The topological polar surface area (TPSA) is 64.2 Å². The van der Waals surface area contributed by atoms with Crippen LogP contribution < -0.4 is 0 Å². The zero-order chi connectivity index (χ0) is 17.6. The predicted molar refractivity (Wildman–Crippen MR) is 99.2 cm³/mol. The van der Waals surface area contributed by atoms with Crippen molar-refractivity contribution in [2.75, 3.05) is 6.54 Å². The normalized spacial score (nSPS) is 17.6. The number of nitro groups is 1. The molecule has 0 aromatic carbocycles. The Morgan fingerprint density at radius 3 is 2.84 bits per heavy atom. The first-order chi connectivity index (χ1) is 12.1. The predicted octanol–water partition coefficient (Wildman–Crippen LogP) is 4.14. The Labute approximate surface area is 153 Å². The lowest BCUT2D eigenvalue weighted by molar-refractivity contribution is -0.386. The monoisotopic (exact) mass is 374 g/mol. The summed E-state index contributed by atoms with van der Waals surface area (Å²) in [5.41, 5.74) is 2.57. The van der Waals surface area contributed by atoms with Gasteiger partial charge in [0.25, 0.3) is 0 Å². The molecule has 0 fully saturated rings. The van der Waals surface area contributed by atoms with Crippen LogP contribution in [0.15, 0.2) is 29.0 Å². The van der Waals surface area contributed by atoms with E-state index in [2.05, 4.69) is 39.0 Å². The minimum Gasteiger partial charge on any atom is -0.272 e. The van der Waals surface area contributed by atoms with Crippen molar-refractivity contribution in [2.24, 2.45) is 0 Å². The van der Waals surface area contributed by atoms with Crippen molar-refractivity contribution in [2.45, 2.75) is 33.0 Å². The minimum atomic E-state index is -0.335. The molecular weight excluding hydrogens is 356 g/mol. The van der Waals surface area contributed by atoms with Crippen LogP contribution in [0.1, 0.15) is 32.7 Å². The SMILES string of the molecule is Cc1nn(CN2CCc3sccc3[C@@H]2c2cccs2)c(C)c1[N+](=O)[O-]. The summed E-state index contributed by atoms with van der Waals surface area (Å²) in [7, 11) is 0. The standard InChI is InChI=1S/C17H18N4O2S2/c1-11-16(21(22)23)12(2)20(18-11)10-19-7-5-14-13(6-9-25-14)17(19)15-4-3-8-24-15/h3-4,6,8-9,17H,5,7,10H2,1-2H3/t17-/m1/s1. The van der Waals surface area contributed by atoms with Gasteiger partial charge >= 0.3 is 5.69 Å². The molecule has 8 heteroatoms. The van der Waals surface area contributed by atoms with Gasteiger partial charge in [-0.1, -0.05) is 6.07 Å². The van der Waals surface area contributed by atoms with Crippen LogP contribution in [0.25, 0.3) is 0 Å². The first-order valence-electron chi connectivity index (χ1n) is 8.08. The van der Waals surface area contributed by atoms with Crippen molar-refractivity contribution >= 4 is 28.4 Å². The molecule has 1 aliphatic heterocycles. The fourth-order valence-corrected chi connectivity index (χ4v) is 5.34. The van der Waals surface area contributed by atoms with Gasteiger partial charge in [0.05, 0.1) is 17.6 Å². The second kappa shape index (κ2) is 6.36. The van der Waals surface area contributed by atoms with E-state index in [1.54, 1.807) is 29.9 Å². The zero-order valence-electron chi connectivity index (χ0n) is 14.0. The lowest BCUT2D eigenvalue weighted by atomic mass is 9.99. The lowest BCUT2D eigenvalue weighted by Crippen LogP contribution is -2.37. The maximum absolute atomic E-state index is 11.3. The van der Waals surface area contributed by atoms with Crippen LogP contribution in [-0.2, 0) is 13.1 Å². The van der Waals surface area contributed by atoms with Crippen LogP contribution in [-0.4, -0.2) is 26.1 Å². The molecule has 4 heterocycles. The molecule has 3 aromatic rings. The third kappa shape index (κ3) is 2.80. The fourth-order valence-electron chi connectivity index (χ4n) is 3.56. The third-order valence-electron chi connectivity index (χ3n) is 4.72. The molecule has 0 amide bonds. The van der Waals surface area contributed by atoms with Crippen molar-refractivity contribution < 1.29 is 4.92 Å². The van der Waals surface area contributed by atoms with Gasteiger partial charge in [-0.3, -0.25) is 15.0 Å². The van der Waals surface area contributed by atoms with E-state index in [1.807, 2.05) is 11.3 Å². The first-order valence-corrected chi connectivity index (χ1v) is 9.84. The van der Waals surface area contributed by atoms with E-state index in [9.17, 15) is 10.1 Å². The van der Waals surface area contributed by atoms with E-state index in [0.717, 1.165) is 13.0 Å². The highest BCUT2D eigenvalue weighted by atomic mass is 32.1. The molecule has 0 bridgehead atoms. The quantitative estimate of drug-likeness (QED) is 0.509. The number of fused-ring (bicyclic) bond motifs is 1. The highest BCUT2D eigenvalue weighted by Gasteiger charge is 2.32. The molecule has 0 unspecified atom stereocenters.